The first kappa shape index (κ1) is 16.4. The Labute approximate surface area is 153 Å². The lowest BCUT2D eigenvalue weighted by atomic mass is 10.1. The van der Waals surface area contributed by atoms with Gasteiger partial charge < -0.3 is 16.0 Å². The molecule has 0 atom stereocenters. The van der Waals surface area contributed by atoms with Gasteiger partial charge in [-0.05, 0) is 47.7 Å². The third-order valence-electron chi connectivity index (χ3n) is 4.83. The smallest absolute Gasteiger partial charge is 0.222 e. The van der Waals surface area contributed by atoms with Gasteiger partial charge in [-0.25, -0.2) is 9.97 Å². The maximum atomic E-state index is 6.04. The Morgan fingerprint density at radius 1 is 0.962 bits per heavy atom. The second-order valence-electron chi connectivity index (χ2n) is 7.02. The van der Waals surface area contributed by atoms with Gasteiger partial charge in [0.05, 0.1) is 0 Å². The molecule has 0 amide bonds. The summed E-state index contributed by atoms with van der Waals surface area (Å²) >= 11 is 0. The summed E-state index contributed by atoms with van der Waals surface area (Å²) < 4.78 is 0. The molecular formula is C21H23N5. The molecule has 0 aliphatic heterocycles. The van der Waals surface area contributed by atoms with E-state index in [1.165, 1.54) is 11.1 Å². The van der Waals surface area contributed by atoms with Crippen LogP contribution in [0.1, 0.15) is 11.1 Å². The summed E-state index contributed by atoms with van der Waals surface area (Å²) in [5, 5.41) is 3.45. The Hall–Kier alpha value is -3.08. The topological polar surface area (TPSA) is 67.1 Å². The fourth-order valence-electron chi connectivity index (χ4n) is 3.45. The summed E-state index contributed by atoms with van der Waals surface area (Å²) in [6, 6.07) is 14.9. The predicted molar refractivity (Wildman–Crippen MR) is 107 cm³/mol. The summed E-state index contributed by atoms with van der Waals surface area (Å²) in [5.74, 6) is 0.670. The zero-order valence-corrected chi connectivity index (χ0v) is 15.1. The van der Waals surface area contributed by atoms with Gasteiger partial charge in [-0.3, -0.25) is 0 Å². The van der Waals surface area contributed by atoms with Crippen LogP contribution < -0.4 is 16.0 Å². The molecule has 4 rings (SSSR count). The van der Waals surface area contributed by atoms with Gasteiger partial charge in [0, 0.05) is 49.5 Å². The average Bonchev–Trinajstić information content (AvgIpc) is 3.04. The molecule has 0 radical (unpaired) electrons. The molecule has 0 spiro atoms. The van der Waals surface area contributed by atoms with Crippen LogP contribution in [-0.4, -0.2) is 30.1 Å². The van der Waals surface area contributed by atoms with Crippen LogP contribution in [0.5, 0.6) is 0 Å². The van der Waals surface area contributed by atoms with Crippen LogP contribution in [0.3, 0.4) is 0 Å². The molecule has 0 saturated carbocycles. The highest BCUT2D eigenvalue weighted by Crippen LogP contribution is 2.27. The van der Waals surface area contributed by atoms with Crippen molar-refractivity contribution < 1.29 is 0 Å². The second-order valence-corrected chi connectivity index (χ2v) is 7.02. The summed E-state index contributed by atoms with van der Waals surface area (Å²) in [5.41, 5.74) is 12.6. The molecule has 3 aromatic rings. The molecule has 26 heavy (non-hydrogen) atoms. The number of nitrogens with zero attached hydrogens (tertiary/aromatic N) is 3. The molecule has 5 heteroatoms. The Morgan fingerprint density at radius 2 is 1.62 bits per heavy atom. The molecule has 3 N–H and O–H groups in total. The number of fused-ring (bicyclic) bond motifs is 1. The van der Waals surface area contributed by atoms with Crippen molar-refractivity contribution in [3.63, 3.8) is 0 Å². The van der Waals surface area contributed by atoms with Gasteiger partial charge in [-0.2, -0.15) is 0 Å². The van der Waals surface area contributed by atoms with Crippen LogP contribution in [-0.2, 0) is 12.8 Å². The number of nitrogen functional groups attached to an aromatic ring is 1. The minimum Gasteiger partial charge on any atom is -0.399 e. The molecule has 2 aromatic carbocycles. The van der Waals surface area contributed by atoms with Crippen molar-refractivity contribution in [1.82, 2.24) is 9.97 Å². The number of nitrogens with two attached hydrogens (primary N) is 1. The van der Waals surface area contributed by atoms with Crippen LogP contribution in [0.25, 0.3) is 11.1 Å². The zero-order valence-electron chi connectivity index (χ0n) is 15.1. The molecule has 132 valence electrons. The third kappa shape index (κ3) is 3.33. The van der Waals surface area contributed by atoms with E-state index in [4.69, 9.17) is 5.73 Å². The lowest BCUT2D eigenvalue weighted by molar-refractivity contribution is 0.762. The summed E-state index contributed by atoms with van der Waals surface area (Å²) in [4.78, 5) is 11.1. The maximum absolute atomic E-state index is 6.04. The second kappa shape index (κ2) is 6.67. The zero-order chi connectivity index (χ0) is 18.1. The van der Waals surface area contributed by atoms with Gasteiger partial charge in [-0.15, -0.1) is 0 Å². The summed E-state index contributed by atoms with van der Waals surface area (Å²) in [7, 11) is 4.00. The quantitative estimate of drug-likeness (QED) is 0.710. The van der Waals surface area contributed by atoms with E-state index in [1.807, 2.05) is 43.5 Å². The van der Waals surface area contributed by atoms with E-state index in [-0.39, 0.29) is 0 Å². The molecule has 1 aliphatic rings. The molecule has 0 unspecified atom stereocenters. The van der Waals surface area contributed by atoms with Gasteiger partial charge in [0.15, 0.2) is 0 Å². The number of nitrogens with one attached hydrogen (secondary N) is 1. The molecular weight excluding hydrogens is 322 g/mol. The molecule has 1 aromatic heterocycles. The standard InChI is InChI=1S/C21H23N5/c1-26(2)20-10-16(7-18(22)11-20)17-12-23-21(24-13-17)25-19-8-14-5-3-4-6-15(14)9-19/h3-7,10-13,19H,8-9,22H2,1-2H3,(H,23,24,25). The SMILES string of the molecule is CN(C)c1cc(N)cc(-c2cnc(NC3Cc4ccccc4C3)nc2)c1. The summed E-state index contributed by atoms with van der Waals surface area (Å²) in [6.07, 6.45) is 5.74. The van der Waals surface area contributed by atoms with Crippen molar-refractivity contribution >= 4 is 17.3 Å². The van der Waals surface area contributed by atoms with Crippen molar-refractivity contribution in [1.29, 1.82) is 0 Å². The molecule has 0 saturated heterocycles. The minimum absolute atomic E-state index is 0.353. The number of rotatable bonds is 4. The molecule has 0 fully saturated rings. The normalized spacial score (nSPS) is 13.5. The first-order valence-electron chi connectivity index (χ1n) is 8.82. The maximum Gasteiger partial charge on any atom is 0.222 e. The van der Waals surface area contributed by atoms with Gasteiger partial charge >= 0.3 is 0 Å². The Bertz CT molecular complexity index is 893. The predicted octanol–water partition coefficient (Wildman–Crippen LogP) is 3.37. The number of hydrogen-bond acceptors (Lipinski definition) is 5. The van der Waals surface area contributed by atoms with Crippen LogP contribution >= 0.6 is 0 Å². The van der Waals surface area contributed by atoms with Gasteiger partial charge in [0.1, 0.15) is 0 Å². The van der Waals surface area contributed by atoms with Crippen molar-refractivity contribution in [3.05, 3.63) is 66.0 Å². The third-order valence-corrected chi connectivity index (χ3v) is 4.83. The van der Waals surface area contributed by atoms with E-state index in [0.29, 0.717) is 12.0 Å². The first-order chi connectivity index (χ1) is 12.6. The van der Waals surface area contributed by atoms with Gasteiger partial charge in [0.2, 0.25) is 5.95 Å². The van der Waals surface area contributed by atoms with Crippen LogP contribution in [0, 0.1) is 0 Å². The molecule has 5 nitrogen and oxygen atoms in total. The minimum atomic E-state index is 0.353. The lowest BCUT2D eigenvalue weighted by Crippen LogP contribution is -2.20. The number of anilines is 3. The van der Waals surface area contributed by atoms with Crippen molar-refractivity contribution in [2.45, 2.75) is 18.9 Å². The van der Waals surface area contributed by atoms with Crippen LogP contribution in [0.2, 0.25) is 0 Å². The van der Waals surface area contributed by atoms with Crippen molar-refractivity contribution in [2.24, 2.45) is 0 Å². The Morgan fingerprint density at radius 3 is 2.23 bits per heavy atom. The van der Waals surface area contributed by atoms with Crippen molar-refractivity contribution in [3.8, 4) is 11.1 Å². The molecule has 0 bridgehead atoms. The van der Waals surface area contributed by atoms with E-state index < -0.39 is 0 Å². The van der Waals surface area contributed by atoms with Gasteiger partial charge in [-0.1, -0.05) is 24.3 Å². The first-order valence-corrected chi connectivity index (χ1v) is 8.82. The van der Waals surface area contributed by atoms with Crippen LogP contribution in [0.4, 0.5) is 17.3 Å². The average molecular weight is 345 g/mol. The highest BCUT2D eigenvalue weighted by Gasteiger charge is 2.21. The van der Waals surface area contributed by atoms with E-state index in [9.17, 15) is 0 Å². The number of benzene rings is 2. The molecule has 1 aliphatic carbocycles. The largest absolute Gasteiger partial charge is 0.399 e. The van der Waals surface area contributed by atoms with Crippen LogP contribution in [0.15, 0.2) is 54.9 Å². The lowest BCUT2D eigenvalue weighted by Gasteiger charge is -2.15. The van der Waals surface area contributed by atoms with E-state index in [1.54, 1.807) is 0 Å². The van der Waals surface area contributed by atoms with E-state index >= 15 is 0 Å². The number of aromatic nitrogens is 2. The van der Waals surface area contributed by atoms with E-state index in [2.05, 4.69) is 45.6 Å². The Balaban J connectivity index is 1.50. The highest BCUT2D eigenvalue weighted by molar-refractivity contribution is 5.72. The molecule has 1 heterocycles. The Kier molecular flexibility index (Phi) is 4.21. The fourth-order valence-corrected chi connectivity index (χ4v) is 3.45. The number of hydrogen-bond donors (Lipinski definition) is 2. The monoisotopic (exact) mass is 345 g/mol. The van der Waals surface area contributed by atoms with E-state index in [0.717, 1.165) is 35.3 Å². The van der Waals surface area contributed by atoms with Gasteiger partial charge in [0.25, 0.3) is 0 Å². The van der Waals surface area contributed by atoms with Crippen molar-refractivity contribution in [2.75, 3.05) is 30.0 Å². The summed E-state index contributed by atoms with van der Waals surface area (Å²) in [6.45, 7) is 0. The highest BCUT2D eigenvalue weighted by atomic mass is 15.1. The fraction of sp³-hybridized carbons (Fsp3) is 0.238.